The number of carbonyl (C=O) groups excluding carboxylic acids is 1. The van der Waals surface area contributed by atoms with E-state index in [1.165, 1.54) is 6.42 Å². The number of nitrogens with one attached hydrogen (secondary N) is 1. The SMILES string of the molecule is CC.CC.CC(C)C[C@H](NC(=O)C(N)Cc1ccccc1)B1OC2CC3CC(C2O1)C3(C)C. The average Bonchev–Trinajstić information content (AvgIpc) is 3.26. The van der Waals surface area contributed by atoms with E-state index in [-0.39, 0.29) is 31.2 Å². The molecule has 5 nitrogen and oxygen atoms in total. The molecule has 6 atom stereocenters. The molecular formula is C27H47BN2O3. The second kappa shape index (κ2) is 12.4. The molecule has 33 heavy (non-hydrogen) atoms. The molecule has 3 N–H and O–H groups in total. The third kappa shape index (κ3) is 6.40. The lowest BCUT2D eigenvalue weighted by Gasteiger charge is -2.60. The summed E-state index contributed by atoms with van der Waals surface area (Å²) < 4.78 is 12.8. The summed E-state index contributed by atoms with van der Waals surface area (Å²) in [5, 5.41) is 3.16. The highest BCUT2D eigenvalue weighted by Gasteiger charge is 2.62. The largest absolute Gasteiger partial charge is 0.481 e. The first-order valence-corrected chi connectivity index (χ1v) is 13.2. The standard InChI is InChI=1S/C23H35BN2O3.2C2H6/c1-14(2)10-20(26-22(27)18(25)11-15-8-6-5-7-9-15)24-28-19-13-16-12-17(21(19)29-24)23(16,3)4;2*1-2/h5-9,14,16-21H,10-13,25H2,1-4H3,(H,26,27);2*1-2H3/t16?,17?,18?,19?,20-,21?;;/m0../s1. The zero-order valence-electron chi connectivity index (χ0n) is 22.1. The van der Waals surface area contributed by atoms with Gasteiger partial charge in [-0.2, -0.15) is 0 Å². The van der Waals surface area contributed by atoms with E-state index in [9.17, 15) is 4.79 Å². The minimum Gasteiger partial charge on any atom is -0.404 e. The smallest absolute Gasteiger partial charge is 0.404 e. The van der Waals surface area contributed by atoms with Gasteiger partial charge in [-0.3, -0.25) is 4.79 Å². The summed E-state index contributed by atoms with van der Waals surface area (Å²) in [6, 6.07) is 9.32. The van der Waals surface area contributed by atoms with Crippen molar-refractivity contribution < 1.29 is 14.1 Å². The van der Waals surface area contributed by atoms with Gasteiger partial charge in [-0.05, 0) is 54.4 Å². The normalized spacial score (nSPS) is 28.2. The molecule has 1 heterocycles. The number of benzene rings is 1. The number of carbonyl (C=O) groups is 1. The first-order chi connectivity index (χ1) is 15.8. The van der Waals surface area contributed by atoms with E-state index in [0.29, 0.717) is 23.7 Å². The molecular weight excluding hydrogens is 411 g/mol. The van der Waals surface area contributed by atoms with Crippen molar-refractivity contribution in [2.24, 2.45) is 28.9 Å². The number of rotatable bonds is 7. The summed E-state index contributed by atoms with van der Waals surface area (Å²) in [6.07, 6.45) is 3.97. The van der Waals surface area contributed by atoms with Crippen molar-refractivity contribution in [3.63, 3.8) is 0 Å². The predicted octanol–water partition coefficient (Wildman–Crippen LogP) is 5.02. The van der Waals surface area contributed by atoms with Gasteiger partial charge in [-0.1, -0.05) is 85.7 Å². The molecule has 4 fully saturated rings. The Balaban J connectivity index is 0.000000914. The lowest BCUT2D eigenvalue weighted by atomic mass is 9.47. The molecule has 2 bridgehead atoms. The number of hydrogen-bond donors (Lipinski definition) is 2. The maximum Gasteiger partial charge on any atom is 0.481 e. The average molecular weight is 458 g/mol. The van der Waals surface area contributed by atoms with Crippen molar-refractivity contribution in [2.75, 3.05) is 0 Å². The molecule has 0 aromatic heterocycles. The fourth-order valence-electron chi connectivity index (χ4n) is 5.55. The van der Waals surface area contributed by atoms with Gasteiger partial charge in [0.2, 0.25) is 5.91 Å². The molecule has 1 saturated heterocycles. The molecule has 1 aromatic carbocycles. The van der Waals surface area contributed by atoms with Crippen LogP contribution in [0.5, 0.6) is 0 Å². The van der Waals surface area contributed by atoms with Crippen LogP contribution in [0.1, 0.15) is 80.2 Å². The van der Waals surface area contributed by atoms with E-state index >= 15 is 0 Å². The molecule has 1 aromatic rings. The summed E-state index contributed by atoms with van der Waals surface area (Å²) in [5.74, 6) is 1.41. The van der Waals surface area contributed by atoms with Crippen molar-refractivity contribution in [3.05, 3.63) is 35.9 Å². The number of nitrogens with two attached hydrogens (primary N) is 1. The third-order valence-electron chi connectivity index (χ3n) is 7.44. The monoisotopic (exact) mass is 458 g/mol. The van der Waals surface area contributed by atoms with Gasteiger partial charge in [0, 0.05) is 0 Å². The van der Waals surface area contributed by atoms with Gasteiger partial charge in [0.05, 0.1) is 24.2 Å². The predicted molar refractivity (Wildman–Crippen MR) is 138 cm³/mol. The second-order valence-electron chi connectivity index (χ2n) is 10.3. The van der Waals surface area contributed by atoms with Gasteiger partial charge in [0.1, 0.15) is 0 Å². The summed E-state index contributed by atoms with van der Waals surface area (Å²) in [5.41, 5.74) is 7.62. The third-order valence-corrected chi connectivity index (χ3v) is 7.44. The molecule has 0 spiro atoms. The second-order valence-corrected chi connectivity index (χ2v) is 10.3. The maximum absolute atomic E-state index is 12.8. The molecule has 1 amide bonds. The molecule has 5 unspecified atom stereocenters. The van der Waals surface area contributed by atoms with Crippen molar-refractivity contribution in [1.82, 2.24) is 5.32 Å². The van der Waals surface area contributed by atoms with Gasteiger partial charge >= 0.3 is 7.12 Å². The number of hydrogen-bond acceptors (Lipinski definition) is 4. The Hall–Kier alpha value is -1.37. The van der Waals surface area contributed by atoms with E-state index in [4.69, 9.17) is 15.0 Å². The molecule has 3 saturated carbocycles. The molecule has 4 aliphatic rings. The van der Waals surface area contributed by atoms with Crippen LogP contribution >= 0.6 is 0 Å². The zero-order valence-corrected chi connectivity index (χ0v) is 22.1. The molecule has 186 valence electrons. The summed E-state index contributed by atoms with van der Waals surface area (Å²) in [7, 11) is -0.379. The molecule has 0 radical (unpaired) electrons. The Bertz CT molecular complexity index is 727. The Morgan fingerprint density at radius 1 is 1.12 bits per heavy atom. The molecule has 5 rings (SSSR count). The quantitative estimate of drug-likeness (QED) is 0.563. The van der Waals surface area contributed by atoms with Crippen LogP contribution in [0.4, 0.5) is 0 Å². The number of amides is 1. The summed E-state index contributed by atoms with van der Waals surface area (Å²) >= 11 is 0. The Labute approximate surface area is 202 Å². The summed E-state index contributed by atoms with van der Waals surface area (Å²) in [6.45, 7) is 17.0. The lowest BCUT2D eigenvalue weighted by molar-refractivity contribution is -0.150. The minimum atomic E-state index is -0.581. The molecule has 1 aliphatic heterocycles. The Morgan fingerprint density at radius 2 is 1.76 bits per heavy atom. The summed E-state index contributed by atoms with van der Waals surface area (Å²) in [4.78, 5) is 12.8. The van der Waals surface area contributed by atoms with Crippen LogP contribution in [0.25, 0.3) is 0 Å². The van der Waals surface area contributed by atoms with E-state index < -0.39 is 6.04 Å². The minimum absolute atomic E-state index is 0.133. The van der Waals surface area contributed by atoms with Crippen LogP contribution in [0.15, 0.2) is 30.3 Å². The first-order valence-electron chi connectivity index (χ1n) is 13.2. The molecule has 3 aliphatic carbocycles. The van der Waals surface area contributed by atoms with E-state index in [1.54, 1.807) is 0 Å². The fourth-order valence-corrected chi connectivity index (χ4v) is 5.55. The van der Waals surface area contributed by atoms with Crippen LogP contribution in [0.3, 0.4) is 0 Å². The van der Waals surface area contributed by atoms with E-state index in [2.05, 4.69) is 33.0 Å². The lowest BCUT2D eigenvalue weighted by Crippen LogP contribution is -2.59. The van der Waals surface area contributed by atoms with Gasteiger partial charge < -0.3 is 20.4 Å². The Morgan fingerprint density at radius 3 is 2.33 bits per heavy atom. The highest BCUT2D eigenvalue weighted by Crippen LogP contribution is 2.61. The Kier molecular flexibility index (Phi) is 10.5. The van der Waals surface area contributed by atoms with Crippen molar-refractivity contribution >= 4 is 13.0 Å². The van der Waals surface area contributed by atoms with Crippen molar-refractivity contribution in [3.8, 4) is 0 Å². The van der Waals surface area contributed by atoms with Crippen LogP contribution < -0.4 is 11.1 Å². The van der Waals surface area contributed by atoms with Crippen LogP contribution in [0.2, 0.25) is 0 Å². The van der Waals surface area contributed by atoms with Gasteiger partial charge in [-0.15, -0.1) is 0 Å². The van der Waals surface area contributed by atoms with Gasteiger partial charge in [0.25, 0.3) is 0 Å². The van der Waals surface area contributed by atoms with Crippen LogP contribution in [0, 0.1) is 23.2 Å². The molecule has 6 heteroatoms. The highest BCUT2D eigenvalue weighted by atomic mass is 16.7. The van der Waals surface area contributed by atoms with Gasteiger partial charge in [-0.25, -0.2) is 0 Å². The highest BCUT2D eigenvalue weighted by molar-refractivity contribution is 6.47. The van der Waals surface area contributed by atoms with Gasteiger partial charge in [0.15, 0.2) is 0 Å². The fraction of sp³-hybridized carbons (Fsp3) is 0.741. The van der Waals surface area contributed by atoms with E-state index in [0.717, 1.165) is 24.3 Å². The first kappa shape index (κ1) is 27.9. The van der Waals surface area contributed by atoms with Crippen molar-refractivity contribution in [1.29, 1.82) is 0 Å². The zero-order chi connectivity index (χ0) is 24.8. The maximum atomic E-state index is 12.8. The topological polar surface area (TPSA) is 73.6 Å². The van der Waals surface area contributed by atoms with Crippen LogP contribution in [-0.4, -0.2) is 37.2 Å². The van der Waals surface area contributed by atoms with Crippen molar-refractivity contribution in [2.45, 2.75) is 105 Å². The van der Waals surface area contributed by atoms with Crippen LogP contribution in [-0.2, 0) is 20.5 Å². The van der Waals surface area contributed by atoms with E-state index in [1.807, 2.05) is 58.0 Å².